The third kappa shape index (κ3) is 5.37. The zero-order valence-electron chi connectivity index (χ0n) is 16.2. The molecule has 0 aliphatic carbocycles. The van der Waals surface area contributed by atoms with E-state index in [-0.39, 0.29) is 42.7 Å². The van der Waals surface area contributed by atoms with E-state index in [4.69, 9.17) is 5.73 Å². The molecule has 154 valence electrons. The lowest BCUT2D eigenvalue weighted by atomic mass is 9.95. The first-order valence-corrected chi connectivity index (χ1v) is 10.1. The summed E-state index contributed by atoms with van der Waals surface area (Å²) in [5.74, 6) is 0.304. The first-order valence-electron chi connectivity index (χ1n) is 9.20. The molecule has 2 N–H and O–H groups in total. The molecule has 1 fully saturated rings. The highest BCUT2D eigenvalue weighted by molar-refractivity contribution is 7.13. The number of carbonyl (C=O) groups is 1. The Kier molecular flexibility index (Phi) is 8.23. The van der Waals surface area contributed by atoms with Gasteiger partial charge in [0.2, 0.25) is 5.91 Å². The molecule has 4 nitrogen and oxygen atoms in total. The first-order chi connectivity index (χ1) is 13.1. The normalized spacial score (nSPS) is 18.1. The van der Waals surface area contributed by atoms with Crippen molar-refractivity contribution in [1.29, 1.82) is 0 Å². The second kappa shape index (κ2) is 10.2. The Morgan fingerprint density at radius 3 is 2.62 bits per heavy atom. The maximum Gasteiger partial charge on any atom is 0.228 e. The Balaban J connectivity index is 0.00000150. The van der Waals surface area contributed by atoms with E-state index in [2.05, 4.69) is 42.2 Å². The molecule has 1 saturated heterocycles. The minimum absolute atomic E-state index is 0. The van der Waals surface area contributed by atoms with Crippen molar-refractivity contribution in [1.82, 2.24) is 9.88 Å². The second-order valence-electron chi connectivity index (χ2n) is 7.17. The van der Waals surface area contributed by atoms with Gasteiger partial charge >= 0.3 is 0 Å². The molecule has 4 rings (SSSR count). The van der Waals surface area contributed by atoms with Crippen molar-refractivity contribution < 1.29 is 4.79 Å². The topological polar surface area (TPSA) is 59.2 Å². The highest BCUT2D eigenvalue weighted by Gasteiger charge is 2.33. The van der Waals surface area contributed by atoms with Crippen LogP contribution in [0, 0.1) is 6.92 Å². The molecule has 2 atom stereocenters. The van der Waals surface area contributed by atoms with Crippen LogP contribution in [0.1, 0.15) is 22.7 Å². The molecule has 0 radical (unpaired) electrons. The highest BCUT2D eigenvalue weighted by Crippen LogP contribution is 2.28. The van der Waals surface area contributed by atoms with Gasteiger partial charge in [-0.1, -0.05) is 54.1 Å². The maximum absolute atomic E-state index is 12.8. The van der Waals surface area contributed by atoms with Crippen LogP contribution in [0.15, 0.2) is 60.0 Å². The molecule has 29 heavy (non-hydrogen) atoms. The molecule has 1 aliphatic heterocycles. The lowest BCUT2D eigenvalue weighted by Gasteiger charge is -2.16. The van der Waals surface area contributed by atoms with Gasteiger partial charge < -0.3 is 10.6 Å². The molecule has 0 spiro atoms. The summed E-state index contributed by atoms with van der Waals surface area (Å²) in [4.78, 5) is 19.3. The first kappa shape index (κ1) is 23.4. The average Bonchev–Trinajstić information content (AvgIpc) is 3.29. The van der Waals surface area contributed by atoms with E-state index in [1.165, 1.54) is 11.1 Å². The molecule has 1 amide bonds. The van der Waals surface area contributed by atoms with E-state index in [9.17, 15) is 4.79 Å². The van der Waals surface area contributed by atoms with Crippen molar-refractivity contribution in [2.45, 2.75) is 25.3 Å². The number of nitrogens with two attached hydrogens (primary N) is 1. The van der Waals surface area contributed by atoms with Crippen molar-refractivity contribution in [3.63, 3.8) is 0 Å². The number of nitrogens with zero attached hydrogens (tertiary/aromatic N) is 2. The summed E-state index contributed by atoms with van der Waals surface area (Å²) in [5.41, 5.74) is 10.7. The summed E-state index contributed by atoms with van der Waals surface area (Å²) in [6, 6.07) is 18.5. The van der Waals surface area contributed by atoms with Crippen LogP contribution in [0.2, 0.25) is 0 Å². The lowest BCUT2D eigenvalue weighted by molar-refractivity contribution is -0.129. The van der Waals surface area contributed by atoms with Crippen LogP contribution in [0.25, 0.3) is 10.6 Å². The van der Waals surface area contributed by atoms with E-state index in [1.807, 2.05) is 34.5 Å². The largest absolute Gasteiger partial charge is 0.340 e. The molecule has 1 aromatic heterocycles. The van der Waals surface area contributed by atoms with Crippen LogP contribution in [0.3, 0.4) is 0 Å². The zero-order valence-corrected chi connectivity index (χ0v) is 18.6. The predicted molar refractivity (Wildman–Crippen MR) is 124 cm³/mol. The van der Waals surface area contributed by atoms with Gasteiger partial charge in [-0.2, -0.15) is 0 Å². The molecular weight excluding hydrogens is 425 g/mol. The molecule has 3 aromatic rings. The summed E-state index contributed by atoms with van der Waals surface area (Å²) < 4.78 is 0. The van der Waals surface area contributed by atoms with Crippen LogP contribution >= 0.6 is 36.2 Å². The number of likely N-dealkylation sites (tertiary alicyclic amines) is 1. The third-order valence-corrected chi connectivity index (χ3v) is 6.03. The minimum atomic E-state index is -0.0189. The van der Waals surface area contributed by atoms with Crippen LogP contribution < -0.4 is 5.73 Å². The van der Waals surface area contributed by atoms with Crippen LogP contribution in [0.4, 0.5) is 0 Å². The van der Waals surface area contributed by atoms with Crippen LogP contribution in [-0.2, 0) is 11.2 Å². The van der Waals surface area contributed by atoms with Crippen molar-refractivity contribution in [2.24, 2.45) is 5.73 Å². The van der Waals surface area contributed by atoms with E-state index < -0.39 is 0 Å². The molecule has 1 aliphatic rings. The van der Waals surface area contributed by atoms with Crippen molar-refractivity contribution in [2.75, 3.05) is 13.1 Å². The zero-order chi connectivity index (χ0) is 18.8. The molecule has 7 heteroatoms. The van der Waals surface area contributed by atoms with Gasteiger partial charge in [-0.15, -0.1) is 36.2 Å². The molecule has 2 aromatic carbocycles. The van der Waals surface area contributed by atoms with Crippen molar-refractivity contribution >= 4 is 42.1 Å². The van der Waals surface area contributed by atoms with Gasteiger partial charge in [-0.3, -0.25) is 4.79 Å². The summed E-state index contributed by atoms with van der Waals surface area (Å²) in [6.07, 6.45) is 0.330. The van der Waals surface area contributed by atoms with Gasteiger partial charge in [0.15, 0.2) is 0 Å². The fourth-order valence-electron chi connectivity index (χ4n) is 3.65. The Morgan fingerprint density at radius 1 is 1.14 bits per heavy atom. The van der Waals surface area contributed by atoms with Crippen molar-refractivity contribution in [3.05, 3.63) is 76.8 Å². The number of amides is 1. The minimum Gasteiger partial charge on any atom is -0.340 e. The summed E-state index contributed by atoms with van der Waals surface area (Å²) in [7, 11) is 0. The number of aryl methyl sites for hydroxylation is 1. The molecular formula is C22H25Cl2N3OS. The standard InChI is InChI=1S/C22H23N3OS.2ClH/c1-15-6-5-9-17(10-15)22-24-18(14-27-22)11-21(26)25-12-19(20(23)13-25)16-7-3-2-4-8-16;;/h2-10,14,19-20H,11-13,23H2,1H3;2*1H/t19-,20+;;/m0../s1. The molecule has 0 unspecified atom stereocenters. The van der Waals surface area contributed by atoms with E-state index >= 15 is 0 Å². The Labute approximate surface area is 188 Å². The van der Waals surface area contributed by atoms with Gasteiger partial charge in [0.25, 0.3) is 0 Å². The predicted octanol–water partition coefficient (Wildman–Crippen LogP) is 4.46. The fourth-order valence-corrected chi connectivity index (χ4v) is 4.47. The summed E-state index contributed by atoms with van der Waals surface area (Å²) in [5, 5.41) is 2.95. The van der Waals surface area contributed by atoms with E-state index in [0.717, 1.165) is 16.3 Å². The highest BCUT2D eigenvalue weighted by atomic mass is 35.5. The number of thiazole rings is 1. The maximum atomic E-state index is 12.8. The SMILES string of the molecule is Cc1cccc(-c2nc(CC(=O)N3C[C@@H](N)[C@H](c4ccccc4)C3)cs2)c1.Cl.Cl. The second-order valence-corrected chi connectivity index (χ2v) is 8.03. The van der Waals surface area contributed by atoms with Crippen LogP contribution in [-0.4, -0.2) is 34.9 Å². The van der Waals surface area contributed by atoms with Gasteiger partial charge in [0.1, 0.15) is 5.01 Å². The van der Waals surface area contributed by atoms with Crippen molar-refractivity contribution in [3.8, 4) is 10.6 Å². The molecule has 0 bridgehead atoms. The quantitative estimate of drug-likeness (QED) is 0.639. The van der Waals surface area contributed by atoms with E-state index in [1.54, 1.807) is 11.3 Å². The molecule has 0 saturated carbocycles. The lowest BCUT2D eigenvalue weighted by Crippen LogP contribution is -2.33. The summed E-state index contributed by atoms with van der Waals surface area (Å²) >= 11 is 1.59. The van der Waals surface area contributed by atoms with Crippen LogP contribution in [0.5, 0.6) is 0 Å². The number of rotatable bonds is 4. The number of hydrogen-bond donors (Lipinski definition) is 1. The average molecular weight is 450 g/mol. The van der Waals surface area contributed by atoms with Gasteiger partial charge in [0.05, 0.1) is 12.1 Å². The Morgan fingerprint density at radius 2 is 1.90 bits per heavy atom. The number of benzene rings is 2. The number of aromatic nitrogens is 1. The fraction of sp³-hybridized carbons (Fsp3) is 0.273. The monoisotopic (exact) mass is 449 g/mol. The van der Waals surface area contributed by atoms with Gasteiger partial charge in [-0.25, -0.2) is 4.98 Å². The smallest absolute Gasteiger partial charge is 0.228 e. The number of carbonyl (C=O) groups excluding carboxylic acids is 1. The third-order valence-electron chi connectivity index (χ3n) is 5.09. The van der Waals surface area contributed by atoms with Gasteiger partial charge in [0, 0.05) is 36.0 Å². The number of hydrogen-bond acceptors (Lipinski definition) is 4. The Bertz CT molecular complexity index is 948. The molecule has 2 heterocycles. The van der Waals surface area contributed by atoms with Gasteiger partial charge in [-0.05, 0) is 18.6 Å². The summed E-state index contributed by atoms with van der Waals surface area (Å²) in [6.45, 7) is 3.35. The Hall–Kier alpha value is -1.92. The number of halogens is 2. The van der Waals surface area contributed by atoms with E-state index in [0.29, 0.717) is 19.5 Å².